The molecule has 0 heterocycles. The lowest BCUT2D eigenvalue weighted by Crippen LogP contribution is -2.06. The third-order valence-electron chi connectivity index (χ3n) is 4.31. The van der Waals surface area contributed by atoms with Crippen molar-refractivity contribution >= 4 is 0 Å². The summed E-state index contributed by atoms with van der Waals surface area (Å²) in [6.45, 7) is 3.38. The first-order valence-corrected chi connectivity index (χ1v) is 7.92. The molecule has 0 saturated heterocycles. The minimum Gasteiger partial charge on any atom is -0.251 e. The third-order valence-corrected chi connectivity index (χ3v) is 4.31. The number of hydrogen-bond acceptors (Lipinski definition) is 2. The summed E-state index contributed by atoms with van der Waals surface area (Å²) in [6.07, 6.45) is -0.961. The van der Waals surface area contributed by atoms with Gasteiger partial charge in [0.05, 0.1) is 0 Å². The van der Waals surface area contributed by atoms with Gasteiger partial charge in [0.1, 0.15) is 17.7 Å². The van der Waals surface area contributed by atoms with Crippen molar-refractivity contribution in [3.63, 3.8) is 0 Å². The standard InChI is InChI=1S/C21H18F2O2/c1-13-3-5-15(6-4-13)16-7-9-17(10-8-16)21(25-24)18-11-19(22)14(2)20(23)12-18/h3-12,21,24H,1-2H3. The van der Waals surface area contributed by atoms with E-state index in [9.17, 15) is 14.0 Å². The van der Waals surface area contributed by atoms with Gasteiger partial charge in [-0.25, -0.2) is 13.7 Å². The zero-order chi connectivity index (χ0) is 18.0. The lowest BCUT2D eigenvalue weighted by Gasteiger charge is -2.16. The first-order chi connectivity index (χ1) is 12.0. The van der Waals surface area contributed by atoms with Gasteiger partial charge in [-0.05, 0) is 48.2 Å². The molecule has 0 aromatic heterocycles. The molecule has 0 aliphatic rings. The third kappa shape index (κ3) is 3.60. The zero-order valence-corrected chi connectivity index (χ0v) is 14.0. The van der Waals surface area contributed by atoms with Crippen LogP contribution in [0, 0.1) is 25.5 Å². The average molecular weight is 340 g/mol. The van der Waals surface area contributed by atoms with Crippen LogP contribution >= 0.6 is 0 Å². The molecule has 0 amide bonds. The van der Waals surface area contributed by atoms with Crippen molar-refractivity contribution in [3.8, 4) is 11.1 Å². The van der Waals surface area contributed by atoms with Gasteiger partial charge in [-0.3, -0.25) is 5.26 Å². The van der Waals surface area contributed by atoms with Crippen molar-refractivity contribution in [1.29, 1.82) is 0 Å². The molecule has 0 fully saturated rings. The topological polar surface area (TPSA) is 29.5 Å². The number of hydrogen-bond donors (Lipinski definition) is 1. The quantitative estimate of drug-likeness (QED) is 0.478. The molecule has 0 bridgehead atoms. The van der Waals surface area contributed by atoms with Gasteiger partial charge < -0.3 is 0 Å². The van der Waals surface area contributed by atoms with Crippen LogP contribution in [0.1, 0.15) is 28.4 Å². The van der Waals surface area contributed by atoms with E-state index in [4.69, 9.17) is 0 Å². The molecule has 1 unspecified atom stereocenters. The summed E-state index contributed by atoms with van der Waals surface area (Å²) in [6, 6.07) is 17.8. The highest BCUT2D eigenvalue weighted by Crippen LogP contribution is 2.30. The fourth-order valence-electron chi connectivity index (χ4n) is 2.73. The monoisotopic (exact) mass is 340 g/mol. The molecule has 0 aliphatic carbocycles. The van der Waals surface area contributed by atoms with Crippen molar-refractivity contribution in [2.75, 3.05) is 0 Å². The molecule has 0 radical (unpaired) electrons. The van der Waals surface area contributed by atoms with E-state index in [0.29, 0.717) is 5.56 Å². The molecule has 1 N–H and O–H groups in total. The second kappa shape index (κ2) is 7.13. The van der Waals surface area contributed by atoms with Crippen LogP contribution in [0.4, 0.5) is 8.78 Å². The van der Waals surface area contributed by atoms with Crippen LogP contribution in [0.15, 0.2) is 60.7 Å². The Hall–Kier alpha value is -2.56. The summed E-state index contributed by atoms with van der Waals surface area (Å²) in [4.78, 5) is 4.50. The molecule has 1 atom stereocenters. The van der Waals surface area contributed by atoms with Crippen LogP contribution in [-0.4, -0.2) is 5.26 Å². The number of aryl methyl sites for hydroxylation is 1. The Morgan fingerprint density at radius 1 is 0.760 bits per heavy atom. The molecule has 3 rings (SSSR count). The molecular formula is C21H18F2O2. The highest BCUT2D eigenvalue weighted by molar-refractivity contribution is 5.64. The van der Waals surface area contributed by atoms with Gasteiger partial charge in [-0.15, -0.1) is 0 Å². The SMILES string of the molecule is Cc1ccc(-c2ccc(C(OO)c3cc(F)c(C)c(F)c3)cc2)cc1. The Labute approximate surface area is 145 Å². The van der Waals surface area contributed by atoms with Crippen LogP contribution in [0.5, 0.6) is 0 Å². The van der Waals surface area contributed by atoms with E-state index in [1.165, 1.54) is 24.6 Å². The minimum absolute atomic E-state index is 0.0600. The van der Waals surface area contributed by atoms with E-state index >= 15 is 0 Å². The van der Waals surface area contributed by atoms with Crippen LogP contribution in [0.25, 0.3) is 11.1 Å². The molecule has 0 spiro atoms. The molecule has 2 nitrogen and oxygen atoms in total. The molecule has 4 heteroatoms. The van der Waals surface area contributed by atoms with Crippen molar-refractivity contribution in [2.24, 2.45) is 0 Å². The Kier molecular flexibility index (Phi) is 4.93. The largest absolute Gasteiger partial charge is 0.251 e. The molecular weight excluding hydrogens is 322 g/mol. The summed E-state index contributed by atoms with van der Waals surface area (Å²) in [5.41, 5.74) is 3.99. The number of halogens is 2. The molecule has 0 aliphatic heterocycles. The van der Waals surface area contributed by atoms with Crippen molar-refractivity contribution in [3.05, 3.63) is 94.6 Å². The smallest absolute Gasteiger partial charge is 0.143 e. The second-order valence-corrected chi connectivity index (χ2v) is 6.08. The van der Waals surface area contributed by atoms with Gasteiger partial charge in [-0.2, -0.15) is 0 Å². The lowest BCUT2D eigenvalue weighted by atomic mass is 9.97. The van der Waals surface area contributed by atoms with E-state index in [2.05, 4.69) is 4.89 Å². The average Bonchev–Trinajstić information content (AvgIpc) is 2.61. The van der Waals surface area contributed by atoms with Crippen LogP contribution < -0.4 is 0 Å². The van der Waals surface area contributed by atoms with E-state index < -0.39 is 17.7 Å². The molecule has 25 heavy (non-hydrogen) atoms. The molecule has 3 aromatic carbocycles. The van der Waals surface area contributed by atoms with Gasteiger partial charge >= 0.3 is 0 Å². The highest BCUT2D eigenvalue weighted by Gasteiger charge is 2.18. The normalized spacial score (nSPS) is 12.2. The fraction of sp³-hybridized carbons (Fsp3) is 0.143. The maximum atomic E-state index is 13.8. The lowest BCUT2D eigenvalue weighted by molar-refractivity contribution is -0.270. The number of rotatable bonds is 4. The highest BCUT2D eigenvalue weighted by atomic mass is 19.1. The van der Waals surface area contributed by atoms with Gasteiger partial charge in [-0.1, -0.05) is 54.1 Å². The second-order valence-electron chi connectivity index (χ2n) is 6.08. The predicted octanol–water partition coefficient (Wildman–Crippen LogP) is 5.83. The first kappa shape index (κ1) is 17.3. The zero-order valence-electron chi connectivity index (χ0n) is 14.0. The predicted molar refractivity (Wildman–Crippen MR) is 93.3 cm³/mol. The van der Waals surface area contributed by atoms with Crippen LogP contribution in [0.2, 0.25) is 0 Å². The maximum Gasteiger partial charge on any atom is 0.143 e. The van der Waals surface area contributed by atoms with Crippen LogP contribution in [0.3, 0.4) is 0 Å². The van der Waals surface area contributed by atoms with Crippen molar-refractivity contribution in [2.45, 2.75) is 20.0 Å². The molecule has 3 aromatic rings. The van der Waals surface area contributed by atoms with Gasteiger partial charge in [0.2, 0.25) is 0 Å². The Morgan fingerprint density at radius 3 is 1.72 bits per heavy atom. The van der Waals surface area contributed by atoms with E-state index in [1.54, 1.807) is 12.1 Å². The minimum atomic E-state index is -0.961. The summed E-state index contributed by atoms with van der Waals surface area (Å²) in [7, 11) is 0. The Balaban J connectivity index is 1.93. The Morgan fingerprint density at radius 2 is 1.24 bits per heavy atom. The van der Waals surface area contributed by atoms with Gasteiger partial charge in [0.25, 0.3) is 0 Å². The summed E-state index contributed by atoms with van der Waals surface area (Å²) in [5.74, 6) is -1.35. The van der Waals surface area contributed by atoms with Gasteiger partial charge in [0.15, 0.2) is 0 Å². The van der Waals surface area contributed by atoms with E-state index in [-0.39, 0.29) is 11.1 Å². The first-order valence-electron chi connectivity index (χ1n) is 7.92. The van der Waals surface area contributed by atoms with Crippen molar-refractivity contribution in [1.82, 2.24) is 0 Å². The molecule has 0 saturated carbocycles. The molecule has 128 valence electrons. The summed E-state index contributed by atoms with van der Waals surface area (Å²) in [5, 5.41) is 9.26. The summed E-state index contributed by atoms with van der Waals surface area (Å²) < 4.78 is 27.6. The number of benzene rings is 3. The van der Waals surface area contributed by atoms with E-state index in [0.717, 1.165) is 11.1 Å². The summed E-state index contributed by atoms with van der Waals surface area (Å²) >= 11 is 0. The fourth-order valence-corrected chi connectivity index (χ4v) is 2.73. The van der Waals surface area contributed by atoms with Gasteiger partial charge in [0, 0.05) is 5.56 Å². The van der Waals surface area contributed by atoms with Crippen LogP contribution in [-0.2, 0) is 4.89 Å². The van der Waals surface area contributed by atoms with E-state index in [1.807, 2.05) is 43.3 Å². The maximum absolute atomic E-state index is 13.8. The van der Waals surface area contributed by atoms with Crippen molar-refractivity contribution < 1.29 is 18.9 Å². The Bertz CT molecular complexity index is 848.